The average molecular weight is 921 g/mol. The van der Waals surface area contributed by atoms with E-state index in [0.29, 0.717) is 37.5 Å². The van der Waals surface area contributed by atoms with E-state index in [2.05, 4.69) is 47.1 Å². The molecule has 1 spiro atoms. The van der Waals surface area contributed by atoms with Crippen LogP contribution in [0.3, 0.4) is 0 Å². The molecule has 5 heterocycles. The fourth-order valence-electron chi connectivity index (χ4n) is 10.6. The van der Waals surface area contributed by atoms with Crippen molar-refractivity contribution in [1.82, 2.24) is 24.3 Å². The van der Waals surface area contributed by atoms with Gasteiger partial charge in [-0.25, -0.2) is 4.21 Å². The highest BCUT2D eigenvalue weighted by molar-refractivity contribution is 7.92. The number of carbonyl (C=O) groups excluding carboxylic acids is 2. The summed E-state index contributed by atoms with van der Waals surface area (Å²) < 4.78 is 54.3. The molecular weight excluding hydrogens is 858 g/mol. The number of fused-ring (bicyclic) bond motifs is 4. The Kier molecular flexibility index (Phi) is 13.4. The van der Waals surface area contributed by atoms with Gasteiger partial charge in [-0.2, -0.15) is 0 Å². The Morgan fingerprint density at radius 1 is 1.06 bits per heavy atom. The first kappa shape index (κ1) is 45.1. The van der Waals surface area contributed by atoms with Crippen molar-refractivity contribution in [3.63, 3.8) is 0 Å². The highest BCUT2D eigenvalue weighted by Crippen LogP contribution is 2.47. The highest BCUT2D eigenvalue weighted by atomic mass is 35.5. The molecule has 64 heavy (non-hydrogen) atoms. The number of nitrogens with zero attached hydrogens (tertiary/aromatic N) is 6. The van der Waals surface area contributed by atoms with E-state index in [-0.39, 0.29) is 40.2 Å². The second-order valence-corrected chi connectivity index (χ2v) is 21.1. The maximum absolute atomic E-state index is 15.3. The molecule has 1 saturated carbocycles. The molecule has 17 heteroatoms. The fraction of sp³-hybridized carbons (Fsp3) is 0.596. The number of hydrogen-bond acceptors (Lipinski definition) is 12. The molecule has 0 radical (unpaired) electrons. The third kappa shape index (κ3) is 9.47. The highest BCUT2D eigenvalue weighted by Gasteiger charge is 2.45. The zero-order chi connectivity index (χ0) is 44.6. The van der Waals surface area contributed by atoms with Gasteiger partial charge in [0.2, 0.25) is 5.88 Å². The van der Waals surface area contributed by atoms with Crippen LogP contribution < -0.4 is 19.1 Å². The molecule has 2 amide bonds. The van der Waals surface area contributed by atoms with Crippen LogP contribution in [0.25, 0.3) is 0 Å². The van der Waals surface area contributed by atoms with Gasteiger partial charge in [0.1, 0.15) is 21.2 Å². The van der Waals surface area contributed by atoms with Crippen molar-refractivity contribution in [2.75, 3.05) is 97.1 Å². The maximum Gasteiger partial charge on any atom is 0.286 e. The number of methoxy groups -OCH3 is 2. The Bertz CT molecular complexity index is 2360. The van der Waals surface area contributed by atoms with Crippen LogP contribution in [-0.2, 0) is 43.0 Å². The summed E-state index contributed by atoms with van der Waals surface area (Å²) in [5, 5.41) is 4.95. The molecule has 1 aromatic heterocycles. The van der Waals surface area contributed by atoms with Gasteiger partial charge in [0.15, 0.2) is 0 Å². The van der Waals surface area contributed by atoms with Crippen LogP contribution in [0.2, 0.25) is 5.02 Å². The number of rotatable bonds is 9. The zero-order valence-electron chi connectivity index (χ0n) is 37.4. The largest absolute Gasteiger partial charge is 0.490 e. The molecule has 2 bridgehead atoms. The minimum Gasteiger partial charge on any atom is -0.490 e. The number of anilines is 1. The summed E-state index contributed by atoms with van der Waals surface area (Å²) in [6, 6.07) is 12.1. The summed E-state index contributed by atoms with van der Waals surface area (Å²) >= 11 is 6.52. The number of carbonyl (C=O) groups is 2. The van der Waals surface area contributed by atoms with Crippen LogP contribution in [-0.4, -0.2) is 146 Å². The summed E-state index contributed by atoms with van der Waals surface area (Å²) in [7, 11) is 1.04. The Hall–Kier alpha value is -4.03. The van der Waals surface area contributed by atoms with Gasteiger partial charge in [0.25, 0.3) is 11.8 Å². The first-order valence-corrected chi connectivity index (χ1v) is 24.9. The quantitative estimate of drug-likeness (QED) is 0.283. The molecule has 7 atom stereocenters. The molecular formula is C47H62ClN7O8S. The summed E-state index contributed by atoms with van der Waals surface area (Å²) in [6.07, 6.45) is 9.85. The SMILES string of the molecule is COc1nn(C)cc1C(=O)N[S@@]1(=O)=NC(=O)c2ccc3c(c2)N(C[C@@H]2CC[C@H]2[C@@H](OC)/C=C/[C@H](OCCN2CCN(C4COC4)CC2)[C@H](C)C1)C[C@@]1(CCCc2cc(Cl)ccc21)CO3. The van der Waals surface area contributed by atoms with Crippen LogP contribution >= 0.6 is 11.6 Å². The van der Waals surface area contributed by atoms with Crippen LogP contribution in [0.1, 0.15) is 64.4 Å². The molecule has 2 saturated heterocycles. The lowest BCUT2D eigenvalue weighted by molar-refractivity contribution is -0.0786. The second-order valence-electron chi connectivity index (χ2n) is 18.6. The van der Waals surface area contributed by atoms with Crippen molar-refractivity contribution in [3.8, 4) is 11.6 Å². The molecule has 2 aliphatic carbocycles. The van der Waals surface area contributed by atoms with Crippen molar-refractivity contribution >= 4 is 39.0 Å². The van der Waals surface area contributed by atoms with E-state index >= 15 is 4.21 Å². The fourth-order valence-corrected chi connectivity index (χ4v) is 12.7. The first-order valence-electron chi connectivity index (χ1n) is 22.8. The number of ether oxygens (including phenoxy) is 5. The number of aromatic nitrogens is 2. The summed E-state index contributed by atoms with van der Waals surface area (Å²) in [5.74, 6) is -0.752. The van der Waals surface area contributed by atoms with E-state index in [1.54, 1.807) is 20.2 Å². The third-order valence-corrected chi connectivity index (χ3v) is 16.6. The Balaban J connectivity index is 1.06. The lowest BCUT2D eigenvalue weighted by Crippen LogP contribution is -2.56. The van der Waals surface area contributed by atoms with E-state index in [1.165, 1.54) is 29.1 Å². The summed E-state index contributed by atoms with van der Waals surface area (Å²) in [5.41, 5.74) is 3.30. The zero-order valence-corrected chi connectivity index (χ0v) is 39.0. The summed E-state index contributed by atoms with van der Waals surface area (Å²) in [6.45, 7) is 10.5. The van der Waals surface area contributed by atoms with E-state index in [1.807, 2.05) is 31.2 Å². The molecule has 15 nitrogen and oxygen atoms in total. The third-order valence-electron chi connectivity index (χ3n) is 14.4. The van der Waals surface area contributed by atoms with Gasteiger partial charge in [0.05, 0.1) is 63.2 Å². The number of piperazine rings is 1. The van der Waals surface area contributed by atoms with Gasteiger partial charge < -0.3 is 28.6 Å². The van der Waals surface area contributed by atoms with Crippen LogP contribution in [0.4, 0.5) is 5.69 Å². The summed E-state index contributed by atoms with van der Waals surface area (Å²) in [4.78, 5) is 35.7. The van der Waals surface area contributed by atoms with E-state index in [4.69, 9.17) is 35.3 Å². The standard InChI is InChI=1S/C47H62ClN7O8S/c1-31-28-64(58,51-45(57)38-25-52(2)49-46(38)60-4)50-44(56)33-8-12-43-40(23-33)55(29-47(30-63-43)15-5-6-32-22-35(48)9-11-39(32)47)24-34-7-10-37(34)42(59-3)14-13-41(31)62-21-20-53-16-18-54(19-17-53)36-26-61-27-36/h8-9,11-14,22-23,25,31,34,36-37,41-42H,5-7,10,15-21,24,26-30H2,1-4H3,(H,50,51,56,57,58)/b14-13+/t31-,34+,37-,41+,42+,47+,64+/m1/s1. The number of nitrogens with one attached hydrogen (secondary N) is 1. The van der Waals surface area contributed by atoms with Gasteiger partial charge in [-0.15, -0.1) is 9.46 Å². The number of halogens is 1. The van der Waals surface area contributed by atoms with Crippen LogP contribution in [0, 0.1) is 17.8 Å². The van der Waals surface area contributed by atoms with Crippen molar-refractivity contribution in [1.29, 1.82) is 0 Å². The molecule has 9 rings (SSSR count). The molecule has 3 aromatic rings. The monoisotopic (exact) mass is 919 g/mol. The van der Waals surface area contributed by atoms with Crippen LogP contribution in [0.15, 0.2) is 59.1 Å². The lowest BCUT2D eigenvalue weighted by Gasteiger charge is -2.46. The lowest BCUT2D eigenvalue weighted by atomic mass is 9.68. The number of benzene rings is 2. The van der Waals surface area contributed by atoms with E-state index in [0.717, 1.165) is 95.3 Å². The van der Waals surface area contributed by atoms with E-state index < -0.39 is 33.8 Å². The number of amides is 2. The molecule has 1 N–H and O–H groups in total. The maximum atomic E-state index is 15.3. The molecule has 3 fully saturated rings. The molecule has 0 unspecified atom stereocenters. The average Bonchev–Trinajstić information content (AvgIpc) is 3.57. The van der Waals surface area contributed by atoms with Crippen molar-refractivity contribution in [3.05, 3.63) is 82.0 Å². The van der Waals surface area contributed by atoms with Crippen molar-refractivity contribution in [2.45, 2.75) is 62.7 Å². The van der Waals surface area contributed by atoms with Gasteiger partial charge in [-0.05, 0) is 85.4 Å². The smallest absolute Gasteiger partial charge is 0.286 e. The minimum absolute atomic E-state index is 0.0637. The normalized spacial score (nSPS) is 30.7. The predicted octanol–water partition coefficient (Wildman–Crippen LogP) is 5.16. The molecule has 2 aromatic carbocycles. The van der Waals surface area contributed by atoms with Crippen molar-refractivity contribution in [2.24, 2.45) is 29.2 Å². The van der Waals surface area contributed by atoms with E-state index in [9.17, 15) is 9.59 Å². The molecule has 346 valence electrons. The minimum atomic E-state index is -3.79. The topological polar surface area (TPSA) is 149 Å². The van der Waals surface area contributed by atoms with Crippen LogP contribution in [0.5, 0.6) is 11.6 Å². The second kappa shape index (κ2) is 19.1. The Morgan fingerprint density at radius 2 is 1.88 bits per heavy atom. The Morgan fingerprint density at radius 3 is 2.61 bits per heavy atom. The predicted molar refractivity (Wildman–Crippen MR) is 245 cm³/mol. The first-order chi connectivity index (χ1) is 30.9. The van der Waals surface area contributed by atoms with Gasteiger partial charge in [-0.3, -0.25) is 28.8 Å². The van der Waals surface area contributed by atoms with Crippen molar-refractivity contribution < 1.29 is 37.5 Å². The van der Waals surface area contributed by atoms with Gasteiger partial charge >= 0.3 is 0 Å². The Labute approximate surface area is 382 Å². The number of aryl methyl sites for hydroxylation is 2. The van der Waals surface area contributed by atoms with Gasteiger partial charge in [0, 0.05) is 88.1 Å². The molecule has 4 aliphatic heterocycles. The number of hydrogen-bond donors (Lipinski definition) is 1. The van der Waals surface area contributed by atoms with Gasteiger partial charge in [-0.1, -0.05) is 36.7 Å². The molecule has 6 aliphatic rings.